The molecule has 1 heterocycles. The van der Waals surface area contributed by atoms with Crippen molar-refractivity contribution >= 4 is 17.6 Å². The van der Waals surface area contributed by atoms with Crippen LogP contribution >= 0.6 is 0 Å². The number of para-hydroxylation sites is 1. The molecule has 3 N–H and O–H groups in total. The van der Waals surface area contributed by atoms with Gasteiger partial charge in [-0.2, -0.15) is 0 Å². The summed E-state index contributed by atoms with van der Waals surface area (Å²) in [5.74, 6) is -1.38. The number of hydrogen-bond donors (Lipinski definition) is 3. The normalized spacial score (nSPS) is 21.6. The predicted molar refractivity (Wildman–Crippen MR) is 94.6 cm³/mol. The van der Waals surface area contributed by atoms with Crippen molar-refractivity contribution < 1.29 is 24.5 Å². The quantitative estimate of drug-likeness (QED) is 0.517. The van der Waals surface area contributed by atoms with Crippen LogP contribution in [-0.2, 0) is 22.4 Å². The van der Waals surface area contributed by atoms with Gasteiger partial charge in [0.15, 0.2) is 0 Å². The van der Waals surface area contributed by atoms with Crippen LogP contribution in [0.5, 0.6) is 0 Å². The van der Waals surface area contributed by atoms with Crippen LogP contribution in [0.2, 0.25) is 0 Å². The summed E-state index contributed by atoms with van der Waals surface area (Å²) in [5, 5.41) is 14.6. The van der Waals surface area contributed by atoms with E-state index in [1.54, 1.807) is 0 Å². The van der Waals surface area contributed by atoms with Gasteiger partial charge in [-0.1, -0.05) is 32.0 Å². The number of anilines is 1. The first kappa shape index (κ1) is 19.4. The Bertz CT molecular complexity index is 588. The van der Waals surface area contributed by atoms with E-state index >= 15 is 0 Å². The second-order valence-corrected chi connectivity index (χ2v) is 6.90. The molecule has 2 rings (SSSR count). The van der Waals surface area contributed by atoms with Gasteiger partial charge in [-0.15, -0.1) is 0 Å². The van der Waals surface area contributed by atoms with E-state index in [9.17, 15) is 14.7 Å². The summed E-state index contributed by atoms with van der Waals surface area (Å²) in [7, 11) is 2.10. The van der Waals surface area contributed by atoms with Crippen molar-refractivity contribution in [2.75, 3.05) is 38.5 Å². The van der Waals surface area contributed by atoms with E-state index in [4.69, 9.17) is 0 Å². The molecule has 1 amide bonds. The van der Waals surface area contributed by atoms with E-state index in [-0.39, 0.29) is 12.3 Å². The van der Waals surface area contributed by atoms with Gasteiger partial charge >= 0.3 is 0 Å². The summed E-state index contributed by atoms with van der Waals surface area (Å²) >= 11 is 0. The Labute approximate surface area is 149 Å². The fraction of sp³-hybridized carbons (Fsp3) is 0.579. The fourth-order valence-electron chi connectivity index (χ4n) is 3.52. The monoisotopic (exact) mass is 348 g/mol. The van der Waals surface area contributed by atoms with Gasteiger partial charge < -0.3 is 25.0 Å². The van der Waals surface area contributed by atoms with Gasteiger partial charge in [0.05, 0.1) is 19.4 Å². The highest BCUT2D eigenvalue weighted by molar-refractivity contribution is 5.94. The summed E-state index contributed by atoms with van der Waals surface area (Å²) in [4.78, 5) is 26.5. The van der Waals surface area contributed by atoms with Gasteiger partial charge in [-0.3, -0.25) is 4.79 Å². The van der Waals surface area contributed by atoms with Gasteiger partial charge in [-0.25, -0.2) is 0 Å². The molecule has 1 atom stereocenters. The van der Waals surface area contributed by atoms with Gasteiger partial charge in [0.25, 0.3) is 0 Å². The summed E-state index contributed by atoms with van der Waals surface area (Å²) < 4.78 is 0. The van der Waals surface area contributed by atoms with Crippen LogP contribution in [0.25, 0.3) is 0 Å². The molecule has 0 aromatic heterocycles. The summed E-state index contributed by atoms with van der Waals surface area (Å²) in [5.41, 5.74) is 2.99. The van der Waals surface area contributed by atoms with Crippen molar-refractivity contribution in [3.8, 4) is 0 Å². The third kappa shape index (κ3) is 5.03. The molecule has 138 valence electrons. The minimum atomic E-state index is -1.14. The Morgan fingerprint density at radius 2 is 1.68 bits per heavy atom. The molecular formula is C19H30N3O3+. The second kappa shape index (κ2) is 8.97. The molecule has 0 aliphatic carbocycles. The van der Waals surface area contributed by atoms with E-state index in [0.717, 1.165) is 60.7 Å². The number of nitrogens with one attached hydrogen (secondary N) is 3. The lowest BCUT2D eigenvalue weighted by atomic mass is 10.0. The van der Waals surface area contributed by atoms with E-state index < -0.39 is 12.0 Å². The van der Waals surface area contributed by atoms with E-state index in [1.165, 1.54) is 4.90 Å². The topological polar surface area (TPSA) is 78.1 Å². The first-order valence-corrected chi connectivity index (χ1v) is 9.23. The van der Waals surface area contributed by atoms with Crippen molar-refractivity contribution in [2.45, 2.75) is 39.2 Å². The molecule has 1 saturated heterocycles. The average molecular weight is 348 g/mol. The predicted octanol–water partition coefficient (Wildman–Crippen LogP) is -2.33. The third-order valence-corrected chi connectivity index (χ3v) is 5.18. The fourth-order valence-corrected chi connectivity index (χ4v) is 3.52. The summed E-state index contributed by atoms with van der Waals surface area (Å²) in [6.45, 7) is 7.43. The smallest absolute Gasteiger partial charge is 0.230 e. The lowest BCUT2D eigenvalue weighted by molar-refractivity contribution is -1.01. The molecule has 0 bridgehead atoms. The zero-order valence-electron chi connectivity index (χ0n) is 15.5. The Hall–Kier alpha value is -1.92. The molecule has 1 aromatic rings. The van der Waals surface area contributed by atoms with Gasteiger partial charge in [0.2, 0.25) is 5.91 Å². The number of carboxylic acid groups (broad SMARTS) is 1. The number of rotatable bonds is 7. The molecule has 1 fully saturated rings. The van der Waals surface area contributed by atoms with Crippen molar-refractivity contribution in [1.82, 2.24) is 0 Å². The number of carboxylic acids is 1. The standard InChI is InChI=1S/C19H29N3O3/c1-4-14-7-6-8-15(5-2)18(14)20-17(23)13-16(19(24)25)22-11-9-21(3)10-12-22/h6-8,16H,4-5,9-13H2,1-3H3,(H,20,23)(H,24,25)/p+1/t16-/m1/s1. The zero-order chi connectivity index (χ0) is 18.4. The molecule has 6 nitrogen and oxygen atoms in total. The molecule has 1 aromatic carbocycles. The van der Waals surface area contributed by atoms with E-state index in [1.807, 2.05) is 32.0 Å². The summed E-state index contributed by atoms with van der Waals surface area (Å²) in [6.07, 6.45) is 1.59. The molecular weight excluding hydrogens is 318 g/mol. The number of carbonyl (C=O) groups excluding carboxylic acids is 2. The lowest BCUT2D eigenvalue weighted by Crippen LogP contribution is -3.29. The zero-order valence-corrected chi connectivity index (χ0v) is 15.5. The van der Waals surface area contributed by atoms with Gasteiger partial charge in [-0.05, 0) is 24.0 Å². The van der Waals surface area contributed by atoms with E-state index in [2.05, 4.69) is 12.4 Å². The molecule has 0 radical (unpaired) electrons. The van der Waals surface area contributed by atoms with Crippen molar-refractivity contribution in [1.29, 1.82) is 0 Å². The second-order valence-electron chi connectivity index (χ2n) is 6.90. The number of carbonyl (C=O) groups is 2. The highest BCUT2D eigenvalue weighted by Crippen LogP contribution is 2.22. The van der Waals surface area contributed by atoms with Crippen LogP contribution in [-0.4, -0.2) is 51.1 Å². The molecule has 1 aliphatic rings. The van der Waals surface area contributed by atoms with Crippen LogP contribution in [0, 0.1) is 0 Å². The first-order valence-electron chi connectivity index (χ1n) is 9.23. The number of benzene rings is 1. The first-order chi connectivity index (χ1) is 12.0. The molecule has 6 heteroatoms. The average Bonchev–Trinajstić information content (AvgIpc) is 2.60. The van der Waals surface area contributed by atoms with Crippen molar-refractivity contribution in [2.24, 2.45) is 0 Å². The van der Waals surface area contributed by atoms with Crippen LogP contribution in [0.4, 0.5) is 5.69 Å². The summed E-state index contributed by atoms with van der Waals surface area (Å²) in [6, 6.07) is 5.21. The number of likely N-dealkylation sites (N-methyl/N-ethyl adjacent to an activating group) is 1. The number of quaternary nitrogens is 2. The Morgan fingerprint density at radius 3 is 2.16 bits per heavy atom. The highest BCUT2D eigenvalue weighted by atomic mass is 16.4. The largest absolute Gasteiger partial charge is 0.544 e. The molecule has 0 spiro atoms. The van der Waals surface area contributed by atoms with Gasteiger partial charge in [0, 0.05) is 5.69 Å². The molecule has 0 saturated carbocycles. The highest BCUT2D eigenvalue weighted by Gasteiger charge is 2.31. The number of aryl methyl sites for hydroxylation is 2. The maximum atomic E-state index is 12.5. The maximum absolute atomic E-state index is 12.5. The molecule has 1 aliphatic heterocycles. The number of aliphatic carboxylic acids is 1. The SMILES string of the molecule is CCc1cccc(CC)c1NC(=O)C[C@H](C(=O)[O-])[NH+]1CC[NH+](C)CC1. The van der Waals surface area contributed by atoms with Crippen LogP contribution in [0.3, 0.4) is 0 Å². The maximum Gasteiger partial charge on any atom is 0.230 e. The minimum Gasteiger partial charge on any atom is -0.544 e. The Morgan fingerprint density at radius 1 is 1.12 bits per heavy atom. The molecule has 0 unspecified atom stereocenters. The Kier molecular flexibility index (Phi) is 6.96. The van der Waals surface area contributed by atoms with Crippen LogP contribution in [0.1, 0.15) is 31.4 Å². The third-order valence-electron chi connectivity index (χ3n) is 5.18. The number of amides is 1. The van der Waals surface area contributed by atoms with Crippen molar-refractivity contribution in [3.05, 3.63) is 29.3 Å². The van der Waals surface area contributed by atoms with Gasteiger partial charge in [0.1, 0.15) is 32.2 Å². The van der Waals surface area contributed by atoms with Crippen molar-refractivity contribution in [3.63, 3.8) is 0 Å². The van der Waals surface area contributed by atoms with Crippen LogP contribution in [0.15, 0.2) is 18.2 Å². The Balaban J connectivity index is 2.08. The number of hydrogen-bond acceptors (Lipinski definition) is 3. The lowest BCUT2D eigenvalue weighted by Gasteiger charge is -2.33. The minimum absolute atomic E-state index is 0.0437. The van der Waals surface area contributed by atoms with E-state index in [0.29, 0.717) is 0 Å². The van der Waals surface area contributed by atoms with Crippen LogP contribution < -0.4 is 20.2 Å². The number of piperazine rings is 1. The molecule has 25 heavy (non-hydrogen) atoms.